The van der Waals surface area contributed by atoms with Crippen molar-refractivity contribution in [2.24, 2.45) is 0 Å². The number of aryl methyl sites for hydroxylation is 1. The van der Waals surface area contributed by atoms with E-state index in [4.69, 9.17) is 0 Å². The van der Waals surface area contributed by atoms with Gasteiger partial charge in [0.25, 0.3) is 0 Å². The summed E-state index contributed by atoms with van der Waals surface area (Å²) in [5.41, 5.74) is 1.42. The number of carbonyl (C=O) groups is 1. The highest BCUT2D eigenvalue weighted by Crippen LogP contribution is 2.20. The standard InChI is InChI=1S/C15H11BrF2O/c1-9-6-10(2-5-14(9)18)15(19)8-11-7-12(17)3-4-13(11)16/h2-7H,8H2,1H3. The minimum atomic E-state index is -0.388. The molecule has 0 heterocycles. The molecule has 98 valence electrons. The van der Waals surface area contributed by atoms with Crippen molar-refractivity contribution < 1.29 is 13.6 Å². The van der Waals surface area contributed by atoms with Gasteiger partial charge in [-0.2, -0.15) is 0 Å². The number of halogens is 3. The lowest BCUT2D eigenvalue weighted by Crippen LogP contribution is -2.05. The van der Waals surface area contributed by atoms with Crippen LogP contribution in [0.5, 0.6) is 0 Å². The van der Waals surface area contributed by atoms with Crippen LogP contribution >= 0.6 is 15.9 Å². The van der Waals surface area contributed by atoms with E-state index in [1.807, 2.05) is 0 Å². The van der Waals surface area contributed by atoms with Crippen LogP contribution in [0.2, 0.25) is 0 Å². The average Bonchev–Trinajstić information content (AvgIpc) is 2.37. The Morgan fingerprint density at radius 3 is 2.58 bits per heavy atom. The number of rotatable bonds is 3. The molecule has 0 aliphatic heterocycles. The Balaban J connectivity index is 2.25. The van der Waals surface area contributed by atoms with Crippen molar-refractivity contribution in [3.05, 3.63) is 69.2 Å². The number of Topliss-reactive ketones (excluding diaryl/α,β-unsaturated/α-hetero) is 1. The molecule has 0 fully saturated rings. The van der Waals surface area contributed by atoms with E-state index in [0.29, 0.717) is 21.2 Å². The van der Waals surface area contributed by atoms with Gasteiger partial charge in [0, 0.05) is 16.5 Å². The van der Waals surface area contributed by atoms with Crippen LogP contribution in [0.25, 0.3) is 0 Å². The summed E-state index contributed by atoms with van der Waals surface area (Å²) >= 11 is 3.28. The van der Waals surface area contributed by atoms with Gasteiger partial charge in [-0.15, -0.1) is 0 Å². The van der Waals surface area contributed by atoms with Gasteiger partial charge in [0.15, 0.2) is 5.78 Å². The van der Waals surface area contributed by atoms with Crippen molar-refractivity contribution in [3.8, 4) is 0 Å². The van der Waals surface area contributed by atoms with Gasteiger partial charge in [0.05, 0.1) is 0 Å². The van der Waals surface area contributed by atoms with Gasteiger partial charge in [0.1, 0.15) is 11.6 Å². The SMILES string of the molecule is Cc1cc(C(=O)Cc2cc(F)ccc2Br)ccc1F. The maximum atomic E-state index is 13.1. The third-order valence-electron chi connectivity index (χ3n) is 2.84. The quantitative estimate of drug-likeness (QED) is 0.762. The fourth-order valence-electron chi connectivity index (χ4n) is 1.77. The first kappa shape index (κ1) is 13.9. The Labute approximate surface area is 118 Å². The lowest BCUT2D eigenvalue weighted by Gasteiger charge is -2.05. The van der Waals surface area contributed by atoms with Gasteiger partial charge >= 0.3 is 0 Å². The van der Waals surface area contributed by atoms with Gasteiger partial charge in [0.2, 0.25) is 0 Å². The number of hydrogen-bond donors (Lipinski definition) is 0. The molecule has 0 radical (unpaired) electrons. The van der Waals surface area contributed by atoms with Gasteiger partial charge in [-0.05, 0) is 54.4 Å². The molecule has 2 aromatic rings. The van der Waals surface area contributed by atoms with E-state index in [0.717, 1.165) is 0 Å². The summed E-state index contributed by atoms with van der Waals surface area (Å²) in [7, 11) is 0. The summed E-state index contributed by atoms with van der Waals surface area (Å²) in [5.74, 6) is -0.904. The number of hydrogen-bond acceptors (Lipinski definition) is 1. The Hall–Kier alpha value is -1.55. The minimum absolute atomic E-state index is 0.0728. The van der Waals surface area contributed by atoms with Crippen molar-refractivity contribution >= 4 is 21.7 Å². The first-order chi connectivity index (χ1) is 8.97. The lowest BCUT2D eigenvalue weighted by molar-refractivity contribution is 0.0992. The molecule has 2 rings (SSSR count). The van der Waals surface area contributed by atoms with Crippen LogP contribution in [0.15, 0.2) is 40.9 Å². The summed E-state index contributed by atoms with van der Waals surface area (Å²) in [5, 5.41) is 0. The van der Waals surface area contributed by atoms with Crippen LogP contribution in [0.3, 0.4) is 0 Å². The highest BCUT2D eigenvalue weighted by Gasteiger charge is 2.11. The molecule has 0 aliphatic carbocycles. The average molecular weight is 325 g/mol. The van der Waals surface area contributed by atoms with Gasteiger partial charge in [-0.3, -0.25) is 4.79 Å². The molecule has 0 saturated heterocycles. The van der Waals surface area contributed by atoms with E-state index in [1.54, 1.807) is 13.0 Å². The Kier molecular flexibility index (Phi) is 4.10. The molecule has 0 N–H and O–H groups in total. The molecule has 2 aromatic carbocycles. The second-order valence-corrected chi connectivity index (χ2v) is 5.15. The Morgan fingerprint density at radius 1 is 1.16 bits per heavy atom. The maximum absolute atomic E-state index is 13.1. The summed E-state index contributed by atoms with van der Waals surface area (Å²) < 4.78 is 27.0. The molecular formula is C15H11BrF2O. The molecule has 0 aromatic heterocycles. The second-order valence-electron chi connectivity index (χ2n) is 4.30. The minimum Gasteiger partial charge on any atom is -0.294 e. The summed E-state index contributed by atoms with van der Waals surface area (Å²) in [6.45, 7) is 1.60. The maximum Gasteiger partial charge on any atom is 0.167 e. The van der Waals surface area contributed by atoms with Crippen LogP contribution in [-0.2, 0) is 6.42 Å². The monoisotopic (exact) mass is 324 g/mol. The van der Waals surface area contributed by atoms with Crippen LogP contribution < -0.4 is 0 Å². The van der Waals surface area contributed by atoms with Crippen LogP contribution in [0, 0.1) is 18.6 Å². The van der Waals surface area contributed by atoms with Crippen LogP contribution in [0.4, 0.5) is 8.78 Å². The third kappa shape index (κ3) is 3.26. The van der Waals surface area contributed by atoms with Gasteiger partial charge in [-0.25, -0.2) is 8.78 Å². The van der Waals surface area contributed by atoms with Crippen LogP contribution in [-0.4, -0.2) is 5.78 Å². The van der Waals surface area contributed by atoms with Crippen LogP contribution in [0.1, 0.15) is 21.5 Å². The van der Waals surface area contributed by atoms with Crippen molar-refractivity contribution in [3.63, 3.8) is 0 Å². The first-order valence-corrected chi connectivity index (χ1v) is 6.50. The predicted octanol–water partition coefficient (Wildman–Crippen LogP) is 4.46. The molecule has 4 heteroatoms. The molecule has 1 nitrogen and oxygen atoms in total. The Morgan fingerprint density at radius 2 is 1.89 bits per heavy atom. The lowest BCUT2D eigenvalue weighted by atomic mass is 10.0. The smallest absolute Gasteiger partial charge is 0.167 e. The molecule has 0 aliphatic rings. The zero-order valence-electron chi connectivity index (χ0n) is 10.2. The van der Waals surface area contributed by atoms with Gasteiger partial charge in [-0.1, -0.05) is 15.9 Å². The fraction of sp³-hybridized carbons (Fsp3) is 0.133. The zero-order chi connectivity index (χ0) is 14.0. The van der Waals surface area contributed by atoms with E-state index in [-0.39, 0.29) is 23.8 Å². The molecule has 0 atom stereocenters. The predicted molar refractivity (Wildman–Crippen MR) is 73.3 cm³/mol. The Bertz CT molecular complexity index is 638. The molecule has 0 spiro atoms. The molecule has 0 saturated carbocycles. The molecule has 0 amide bonds. The normalized spacial score (nSPS) is 10.5. The molecule has 0 bridgehead atoms. The fourth-order valence-corrected chi connectivity index (χ4v) is 2.16. The van der Waals surface area contributed by atoms with Crippen molar-refractivity contribution in [1.29, 1.82) is 0 Å². The van der Waals surface area contributed by atoms with E-state index >= 15 is 0 Å². The summed E-state index contributed by atoms with van der Waals surface area (Å²) in [6, 6.07) is 8.41. The zero-order valence-corrected chi connectivity index (χ0v) is 11.8. The highest BCUT2D eigenvalue weighted by atomic mass is 79.9. The topological polar surface area (TPSA) is 17.1 Å². The second kappa shape index (κ2) is 5.61. The number of ketones is 1. The van der Waals surface area contributed by atoms with E-state index in [2.05, 4.69) is 15.9 Å². The first-order valence-electron chi connectivity index (χ1n) is 5.70. The van der Waals surface area contributed by atoms with Crippen molar-refractivity contribution in [2.45, 2.75) is 13.3 Å². The number of carbonyl (C=O) groups excluding carboxylic acids is 1. The summed E-state index contributed by atoms with van der Waals surface area (Å²) in [4.78, 5) is 12.1. The van der Waals surface area contributed by atoms with E-state index in [1.165, 1.54) is 30.3 Å². The largest absolute Gasteiger partial charge is 0.294 e. The van der Waals surface area contributed by atoms with E-state index in [9.17, 15) is 13.6 Å². The molecular weight excluding hydrogens is 314 g/mol. The highest BCUT2D eigenvalue weighted by molar-refractivity contribution is 9.10. The van der Waals surface area contributed by atoms with Crippen molar-refractivity contribution in [1.82, 2.24) is 0 Å². The molecule has 19 heavy (non-hydrogen) atoms. The van der Waals surface area contributed by atoms with Crippen molar-refractivity contribution in [2.75, 3.05) is 0 Å². The van der Waals surface area contributed by atoms with E-state index < -0.39 is 0 Å². The number of benzene rings is 2. The molecule has 0 unspecified atom stereocenters. The van der Waals surface area contributed by atoms with Gasteiger partial charge < -0.3 is 0 Å². The third-order valence-corrected chi connectivity index (χ3v) is 3.61. The summed E-state index contributed by atoms with van der Waals surface area (Å²) in [6.07, 6.45) is 0.0728.